The normalized spacial score (nSPS) is 25.4. The van der Waals surface area contributed by atoms with Crippen LogP contribution >= 0.6 is 10.7 Å². The lowest BCUT2D eigenvalue weighted by Crippen LogP contribution is -2.31. The van der Waals surface area contributed by atoms with Crippen LogP contribution in [-0.2, 0) is 42.7 Å². The standard InChI is InChI=1S/C24H32N2O2S.C22H28N2.C2H5ClO2S.CH4/c1-3-24(20-13-8-14-21(16-20)25-29(27,28)4-2)22-17-26(18-23(22)24)15-9-12-19-10-6-5-7-11-19;1-2-22(18-11-6-12-19(23)14-18)20-15-24(16-21(20)22)13-7-10-17-8-4-3-5-9-17;1-2-6(3,4)5;/h5-8,10-11,13-14,16,22-23,25H,3-4,9,12,15,17-18H2,1-2H3;3-6,8-9,11-12,14,20-21H,2,7,10,13,15-16,23H2,1H3;2H2,1H3;1H4. The number of sulfonamides is 1. The number of piperidine rings is 2. The van der Waals surface area contributed by atoms with E-state index in [1.807, 2.05) is 18.2 Å². The second-order valence-corrected chi connectivity index (χ2v) is 22.0. The van der Waals surface area contributed by atoms with Gasteiger partial charge in [-0.05, 0) is 129 Å². The SMILES string of the molecule is C.CCC1(c2cccc(N)c2)C2CN(CCCc3ccccc3)CC21.CCC1(c2cccc(NS(=O)(=O)CC)c2)C2CN(CCCc3ccccc3)CC21.CCS(=O)(=O)Cl. The van der Waals surface area contributed by atoms with E-state index in [0.29, 0.717) is 22.9 Å². The van der Waals surface area contributed by atoms with Gasteiger partial charge in [0.1, 0.15) is 0 Å². The molecule has 2 saturated carbocycles. The molecule has 4 atom stereocenters. The maximum atomic E-state index is 11.9. The number of halogens is 1. The van der Waals surface area contributed by atoms with Crippen LogP contribution in [0.1, 0.15) is 83.1 Å². The van der Waals surface area contributed by atoms with E-state index in [1.165, 1.54) is 74.5 Å². The Labute approximate surface area is 366 Å². The predicted molar refractivity (Wildman–Crippen MR) is 253 cm³/mol. The van der Waals surface area contributed by atoms with E-state index >= 15 is 0 Å². The smallest absolute Gasteiger partial charge is 0.232 e. The molecule has 2 aliphatic heterocycles. The lowest BCUT2D eigenvalue weighted by atomic mass is 9.87. The van der Waals surface area contributed by atoms with E-state index in [2.05, 4.69) is 130 Å². The summed E-state index contributed by atoms with van der Waals surface area (Å²) >= 11 is 0. The number of nitrogens with two attached hydrogens (primary N) is 1. The third-order valence-corrected chi connectivity index (χ3v) is 16.4. The molecule has 4 fully saturated rings. The zero-order chi connectivity index (χ0) is 42.3. The van der Waals surface area contributed by atoms with Crippen LogP contribution in [0.25, 0.3) is 0 Å². The minimum Gasteiger partial charge on any atom is -0.399 e. The van der Waals surface area contributed by atoms with Gasteiger partial charge >= 0.3 is 0 Å². The molecule has 4 aromatic rings. The van der Waals surface area contributed by atoms with Crippen molar-refractivity contribution in [1.29, 1.82) is 0 Å². The summed E-state index contributed by atoms with van der Waals surface area (Å²) in [5.41, 5.74) is 13.9. The quantitative estimate of drug-likeness (QED) is 0.0852. The first-order chi connectivity index (χ1) is 28.3. The van der Waals surface area contributed by atoms with E-state index in [9.17, 15) is 16.8 Å². The molecule has 4 aliphatic rings. The summed E-state index contributed by atoms with van der Waals surface area (Å²) in [7, 11) is -1.74. The fraction of sp³-hybridized carbons (Fsp3) is 0.510. The van der Waals surface area contributed by atoms with Gasteiger partial charge < -0.3 is 15.5 Å². The van der Waals surface area contributed by atoms with Crippen molar-refractivity contribution >= 4 is 41.1 Å². The molecule has 3 N–H and O–H groups in total. The summed E-state index contributed by atoms with van der Waals surface area (Å²) in [6, 6.07) is 38.3. The van der Waals surface area contributed by atoms with E-state index < -0.39 is 19.1 Å². The minimum atomic E-state index is -3.24. The van der Waals surface area contributed by atoms with Gasteiger partial charge in [-0.25, -0.2) is 16.8 Å². The van der Waals surface area contributed by atoms with Crippen LogP contribution in [0.3, 0.4) is 0 Å². The molecule has 0 radical (unpaired) electrons. The van der Waals surface area contributed by atoms with Gasteiger partial charge in [0.05, 0.1) is 11.5 Å². The van der Waals surface area contributed by atoms with Crippen LogP contribution in [0.2, 0.25) is 0 Å². The van der Waals surface area contributed by atoms with Crippen molar-refractivity contribution in [2.24, 2.45) is 23.7 Å². The van der Waals surface area contributed by atoms with Crippen LogP contribution in [0.5, 0.6) is 0 Å². The molecule has 11 heteroatoms. The molecule has 2 heterocycles. The second-order valence-electron chi connectivity index (χ2n) is 17.0. The number of fused-ring (bicyclic) bond motifs is 2. The van der Waals surface area contributed by atoms with E-state index in [4.69, 9.17) is 5.73 Å². The van der Waals surface area contributed by atoms with E-state index in [0.717, 1.165) is 50.0 Å². The largest absolute Gasteiger partial charge is 0.399 e. The van der Waals surface area contributed by atoms with Gasteiger partial charge in [-0.3, -0.25) is 4.72 Å². The predicted octanol–water partition coefficient (Wildman–Crippen LogP) is 9.61. The average Bonchev–Trinajstić information content (AvgIpc) is 3.82. The molecule has 4 aromatic carbocycles. The van der Waals surface area contributed by atoms with Crippen LogP contribution in [-0.4, -0.2) is 77.4 Å². The van der Waals surface area contributed by atoms with Crippen molar-refractivity contribution in [3.05, 3.63) is 131 Å². The topological polar surface area (TPSA) is 113 Å². The zero-order valence-corrected chi connectivity index (χ0v) is 37.8. The van der Waals surface area contributed by atoms with Gasteiger partial charge in [-0.15, -0.1) is 0 Å². The summed E-state index contributed by atoms with van der Waals surface area (Å²) in [5, 5.41) is 0. The fourth-order valence-corrected chi connectivity index (χ4v) is 11.2. The molecule has 2 aliphatic carbocycles. The number of likely N-dealkylation sites (tertiary alicyclic amines) is 2. The third-order valence-electron chi connectivity index (χ3n) is 13.8. The van der Waals surface area contributed by atoms with Crippen molar-refractivity contribution in [2.75, 3.05) is 61.2 Å². The Balaban J connectivity index is 0.000000200. The summed E-state index contributed by atoms with van der Waals surface area (Å²) in [6.45, 7) is 15.0. The molecule has 0 amide bonds. The second kappa shape index (κ2) is 20.6. The van der Waals surface area contributed by atoms with Crippen molar-refractivity contribution in [2.45, 2.75) is 84.5 Å². The van der Waals surface area contributed by atoms with E-state index in [-0.39, 0.29) is 24.3 Å². The Kier molecular flexibility index (Phi) is 16.4. The number of nitrogens with zero attached hydrogens (tertiary/aromatic N) is 2. The monoisotopic (exact) mass is 876 g/mol. The molecule has 0 aromatic heterocycles. The molecule has 8 rings (SSSR count). The molecular weight excluding hydrogens is 808 g/mol. The number of nitrogens with one attached hydrogen (secondary N) is 1. The van der Waals surface area contributed by atoms with Crippen molar-refractivity contribution in [3.8, 4) is 0 Å². The summed E-state index contributed by atoms with van der Waals surface area (Å²) in [5.74, 6) is 3.17. The van der Waals surface area contributed by atoms with Gasteiger partial charge in [0.25, 0.3) is 0 Å². The number of anilines is 2. The lowest BCUT2D eigenvalue weighted by Gasteiger charge is -2.27. The molecule has 8 nitrogen and oxygen atoms in total. The first-order valence-corrected chi connectivity index (χ1v) is 25.8. The van der Waals surface area contributed by atoms with E-state index in [1.54, 1.807) is 6.92 Å². The molecule has 60 heavy (non-hydrogen) atoms. The first-order valence-electron chi connectivity index (χ1n) is 21.7. The Morgan fingerprint density at radius 1 is 0.617 bits per heavy atom. The number of rotatable bonds is 16. The van der Waals surface area contributed by atoms with Crippen molar-refractivity contribution in [3.63, 3.8) is 0 Å². The molecule has 328 valence electrons. The number of hydrogen-bond donors (Lipinski definition) is 2. The van der Waals surface area contributed by atoms with Crippen LogP contribution in [0.15, 0.2) is 109 Å². The van der Waals surface area contributed by atoms with Crippen molar-refractivity contribution in [1.82, 2.24) is 9.80 Å². The third kappa shape index (κ3) is 11.3. The van der Waals surface area contributed by atoms with Crippen LogP contribution < -0.4 is 10.5 Å². The molecule has 2 saturated heterocycles. The Morgan fingerprint density at radius 3 is 1.42 bits per heavy atom. The minimum absolute atomic E-state index is 0. The van der Waals surface area contributed by atoms with Gasteiger partial charge in [0, 0.05) is 59.1 Å². The molecule has 4 unspecified atom stereocenters. The van der Waals surface area contributed by atoms with Gasteiger partial charge in [-0.1, -0.05) is 113 Å². The Bertz CT molecular complexity index is 2160. The number of aryl methyl sites for hydroxylation is 2. The molecule has 0 spiro atoms. The number of benzene rings is 4. The number of hydrogen-bond acceptors (Lipinski definition) is 7. The summed E-state index contributed by atoms with van der Waals surface area (Å²) < 4.78 is 46.1. The van der Waals surface area contributed by atoms with Crippen LogP contribution in [0.4, 0.5) is 11.4 Å². The maximum absolute atomic E-state index is 11.9. The summed E-state index contributed by atoms with van der Waals surface area (Å²) in [4.78, 5) is 5.30. The van der Waals surface area contributed by atoms with Gasteiger partial charge in [0.15, 0.2) is 0 Å². The molecular formula is C49H69ClN4O4S2. The average molecular weight is 878 g/mol. The first kappa shape index (κ1) is 47.6. The van der Waals surface area contributed by atoms with Crippen LogP contribution in [0, 0.1) is 23.7 Å². The zero-order valence-electron chi connectivity index (χ0n) is 35.4. The van der Waals surface area contributed by atoms with Gasteiger partial charge in [-0.2, -0.15) is 0 Å². The highest BCUT2D eigenvalue weighted by Gasteiger charge is 2.68. The fourth-order valence-electron chi connectivity index (χ4n) is 10.6. The summed E-state index contributed by atoms with van der Waals surface area (Å²) in [6.07, 6.45) is 7.16. The van der Waals surface area contributed by atoms with Crippen molar-refractivity contribution < 1.29 is 16.8 Å². The highest BCUT2D eigenvalue weighted by molar-refractivity contribution is 8.13. The Morgan fingerprint density at radius 2 is 1.03 bits per heavy atom. The Hall–Kier alpha value is -3.41. The highest BCUT2D eigenvalue weighted by atomic mass is 35.7. The molecule has 0 bridgehead atoms. The maximum Gasteiger partial charge on any atom is 0.232 e. The highest BCUT2D eigenvalue weighted by Crippen LogP contribution is 2.66. The lowest BCUT2D eigenvalue weighted by molar-refractivity contribution is 0.266. The number of nitrogen functional groups attached to an aromatic ring is 1. The van der Waals surface area contributed by atoms with Gasteiger partial charge in [0.2, 0.25) is 19.1 Å².